The Hall–Kier alpha value is -2.38. The second-order valence-corrected chi connectivity index (χ2v) is 6.02. The molecule has 2 aromatic heterocycles. The summed E-state index contributed by atoms with van der Waals surface area (Å²) in [5, 5.41) is 9.01. The molecule has 2 aromatic rings. The third-order valence-electron chi connectivity index (χ3n) is 4.29. The molecule has 0 aromatic carbocycles. The summed E-state index contributed by atoms with van der Waals surface area (Å²) >= 11 is 0. The van der Waals surface area contributed by atoms with Gasteiger partial charge in [-0.2, -0.15) is 0 Å². The first kappa shape index (κ1) is 16.5. The molecule has 1 aliphatic rings. The SMILES string of the molecule is O=C(O)c1nccn1Cc1cnc(C2CCC(F)(F)CC2)c(F)c1. The predicted octanol–water partition coefficient (Wildman–Crippen LogP) is 3.46. The Balaban J connectivity index is 1.75. The first-order chi connectivity index (χ1) is 11.4. The number of imidazole rings is 1. The maximum atomic E-state index is 14.3. The molecule has 5 nitrogen and oxygen atoms in total. The van der Waals surface area contributed by atoms with Crippen LogP contribution in [0.3, 0.4) is 0 Å². The first-order valence-electron chi connectivity index (χ1n) is 7.62. The van der Waals surface area contributed by atoms with E-state index in [2.05, 4.69) is 9.97 Å². The predicted molar refractivity (Wildman–Crippen MR) is 78.6 cm³/mol. The number of alkyl halides is 2. The molecule has 8 heteroatoms. The summed E-state index contributed by atoms with van der Waals surface area (Å²) in [6, 6.07) is 1.28. The molecule has 1 fully saturated rings. The van der Waals surface area contributed by atoms with E-state index in [0.717, 1.165) is 0 Å². The number of carboxylic acid groups (broad SMARTS) is 1. The molecule has 0 radical (unpaired) electrons. The van der Waals surface area contributed by atoms with E-state index in [0.29, 0.717) is 5.56 Å². The minimum atomic E-state index is -2.67. The second-order valence-electron chi connectivity index (χ2n) is 6.02. The minimum Gasteiger partial charge on any atom is -0.475 e. The fraction of sp³-hybridized carbons (Fsp3) is 0.438. The van der Waals surface area contributed by atoms with Gasteiger partial charge in [0.25, 0.3) is 0 Å². The highest BCUT2D eigenvalue weighted by Crippen LogP contribution is 2.40. The molecule has 1 saturated carbocycles. The van der Waals surface area contributed by atoms with E-state index in [9.17, 15) is 18.0 Å². The zero-order chi connectivity index (χ0) is 17.3. The third-order valence-corrected chi connectivity index (χ3v) is 4.29. The quantitative estimate of drug-likeness (QED) is 0.926. The van der Waals surface area contributed by atoms with Gasteiger partial charge >= 0.3 is 5.97 Å². The smallest absolute Gasteiger partial charge is 0.372 e. The lowest BCUT2D eigenvalue weighted by molar-refractivity contribution is -0.0387. The van der Waals surface area contributed by atoms with Crippen LogP contribution in [-0.4, -0.2) is 31.5 Å². The van der Waals surface area contributed by atoms with Crippen LogP contribution in [-0.2, 0) is 6.54 Å². The van der Waals surface area contributed by atoms with Crippen molar-refractivity contribution in [2.24, 2.45) is 0 Å². The van der Waals surface area contributed by atoms with Gasteiger partial charge in [0.05, 0.1) is 12.2 Å². The number of hydrogen-bond donors (Lipinski definition) is 1. The monoisotopic (exact) mass is 339 g/mol. The molecule has 0 atom stereocenters. The van der Waals surface area contributed by atoms with Crippen molar-refractivity contribution in [1.29, 1.82) is 0 Å². The molecular formula is C16H16F3N3O2. The van der Waals surface area contributed by atoms with E-state index in [1.807, 2.05) is 0 Å². The van der Waals surface area contributed by atoms with Crippen LogP contribution in [0.25, 0.3) is 0 Å². The molecule has 0 spiro atoms. The van der Waals surface area contributed by atoms with Crippen molar-refractivity contribution < 1.29 is 23.1 Å². The number of aromatic nitrogens is 3. The molecule has 24 heavy (non-hydrogen) atoms. The second kappa shape index (κ2) is 6.26. The largest absolute Gasteiger partial charge is 0.475 e. The number of carboxylic acids is 1. The fourth-order valence-corrected chi connectivity index (χ4v) is 3.02. The fourth-order valence-electron chi connectivity index (χ4n) is 3.02. The van der Waals surface area contributed by atoms with E-state index < -0.39 is 17.7 Å². The summed E-state index contributed by atoms with van der Waals surface area (Å²) in [4.78, 5) is 18.8. The van der Waals surface area contributed by atoms with Crippen molar-refractivity contribution in [2.75, 3.05) is 0 Å². The first-order valence-corrected chi connectivity index (χ1v) is 7.62. The van der Waals surface area contributed by atoms with E-state index >= 15 is 0 Å². The van der Waals surface area contributed by atoms with Gasteiger partial charge in [-0.3, -0.25) is 4.98 Å². The van der Waals surface area contributed by atoms with Gasteiger partial charge in [-0.15, -0.1) is 0 Å². The summed E-state index contributed by atoms with van der Waals surface area (Å²) in [5.74, 6) is -4.83. The average molecular weight is 339 g/mol. The van der Waals surface area contributed by atoms with Gasteiger partial charge in [-0.1, -0.05) is 0 Å². The number of hydrogen-bond acceptors (Lipinski definition) is 3. The lowest BCUT2D eigenvalue weighted by atomic mass is 9.84. The van der Waals surface area contributed by atoms with Gasteiger partial charge in [0, 0.05) is 37.4 Å². The highest BCUT2D eigenvalue weighted by atomic mass is 19.3. The van der Waals surface area contributed by atoms with Gasteiger partial charge in [-0.25, -0.2) is 22.9 Å². The molecule has 128 valence electrons. The number of carbonyl (C=O) groups is 1. The Bertz CT molecular complexity index is 751. The summed E-state index contributed by atoms with van der Waals surface area (Å²) in [7, 11) is 0. The number of rotatable bonds is 4. The van der Waals surface area contributed by atoms with Crippen LogP contribution in [0.4, 0.5) is 13.2 Å². The van der Waals surface area contributed by atoms with Gasteiger partial charge < -0.3 is 9.67 Å². The summed E-state index contributed by atoms with van der Waals surface area (Å²) in [6.45, 7) is 0.120. The van der Waals surface area contributed by atoms with Gasteiger partial charge in [0.1, 0.15) is 5.82 Å². The molecule has 2 heterocycles. The van der Waals surface area contributed by atoms with E-state index in [-0.39, 0.29) is 49.7 Å². The molecule has 3 rings (SSSR count). The van der Waals surface area contributed by atoms with Crippen LogP contribution in [0.1, 0.15) is 53.5 Å². The minimum absolute atomic E-state index is 0.120. The van der Waals surface area contributed by atoms with E-state index in [1.54, 1.807) is 0 Å². The van der Waals surface area contributed by atoms with Crippen molar-refractivity contribution in [2.45, 2.75) is 44.1 Å². The highest BCUT2D eigenvalue weighted by Gasteiger charge is 2.36. The molecule has 1 N–H and O–H groups in total. The summed E-state index contributed by atoms with van der Waals surface area (Å²) in [5.41, 5.74) is 0.691. The maximum Gasteiger partial charge on any atom is 0.372 e. The standard InChI is InChI=1S/C16H16F3N3O2/c17-12-7-10(9-22-6-5-20-14(22)15(23)24)8-21-13(12)11-1-3-16(18,19)4-2-11/h5-8,11H,1-4,9H2,(H,23,24). The van der Waals surface area contributed by atoms with Crippen LogP contribution in [0, 0.1) is 5.82 Å². The molecule has 0 amide bonds. The van der Waals surface area contributed by atoms with E-state index in [4.69, 9.17) is 5.11 Å². The van der Waals surface area contributed by atoms with Gasteiger partial charge in [0.15, 0.2) is 0 Å². The highest BCUT2D eigenvalue weighted by molar-refractivity contribution is 5.83. The summed E-state index contributed by atoms with van der Waals surface area (Å²) < 4.78 is 42.1. The Kier molecular flexibility index (Phi) is 4.29. The van der Waals surface area contributed by atoms with Crippen LogP contribution >= 0.6 is 0 Å². The zero-order valence-electron chi connectivity index (χ0n) is 12.8. The molecule has 0 unspecified atom stereocenters. The third kappa shape index (κ3) is 3.42. The number of pyridine rings is 1. The number of aromatic carboxylic acids is 1. The number of nitrogens with zero attached hydrogens (tertiary/aromatic N) is 3. The molecular weight excluding hydrogens is 323 g/mol. The molecule has 0 aliphatic heterocycles. The van der Waals surface area contributed by atoms with Crippen molar-refractivity contribution in [1.82, 2.24) is 14.5 Å². The number of halogens is 3. The lowest BCUT2D eigenvalue weighted by Gasteiger charge is -2.28. The van der Waals surface area contributed by atoms with Crippen molar-refractivity contribution >= 4 is 5.97 Å². The average Bonchev–Trinajstić information content (AvgIpc) is 2.96. The van der Waals surface area contributed by atoms with Crippen LogP contribution in [0.5, 0.6) is 0 Å². The van der Waals surface area contributed by atoms with Gasteiger partial charge in [-0.05, 0) is 24.5 Å². The lowest BCUT2D eigenvalue weighted by Crippen LogP contribution is -2.24. The Morgan fingerprint density at radius 3 is 2.67 bits per heavy atom. The van der Waals surface area contributed by atoms with Gasteiger partial charge in [0.2, 0.25) is 11.7 Å². The van der Waals surface area contributed by atoms with Crippen molar-refractivity contribution in [3.63, 3.8) is 0 Å². The van der Waals surface area contributed by atoms with Crippen molar-refractivity contribution in [3.05, 3.63) is 47.6 Å². The van der Waals surface area contributed by atoms with Crippen LogP contribution in [0.2, 0.25) is 0 Å². The van der Waals surface area contributed by atoms with E-state index in [1.165, 1.54) is 29.2 Å². The summed E-state index contributed by atoms with van der Waals surface area (Å²) in [6.07, 6.45) is 4.20. The van der Waals surface area contributed by atoms with Crippen LogP contribution < -0.4 is 0 Å². The van der Waals surface area contributed by atoms with Crippen molar-refractivity contribution in [3.8, 4) is 0 Å². The Labute approximate surface area is 136 Å². The maximum absolute atomic E-state index is 14.3. The van der Waals surface area contributed by atoms with Crippen LogP contribution in [0.15, 0.2) is 24.7 Å². The Morgan fingerprint density at radius 2 is 2.04 bits per heavy atom. The zero-order valence-corrected chi connectivity index (χ0v) is 12.8. The molecule has 1 aliphatic carbocycles. The Morgan fingerprint density at radius 1 is 1.33 bits per heavy atom. The normalized spacial score (nSPS) is 17.8. The molecule has 0 saturated heterocycles. The molecule has 0 bridgehead atoms. The topological polar surface area (TPSA) is 68.0 Å².